The topological polar surface area (TPSA) is 44.9 Å². The van der Waals surface area contributed by atoms with Crippen LogP contribution in [0.5, 0.6) is 0 Å². The van der Waals surface area contributed by atoms with Crippen molar-refractivity contribution < 1.29 is 4.79 Å². The first-order valence-corrected chi connectivity index (χ1v) is 11.3. The van der Waals surface area contributed by atoms with Crippen LogP contribution < -0.4 is 5.32 Å². The molecule has 1 aliphatic rings. The summed E-state index contributed by atoms with van der Waals surface area (Å²) < 4.78 is 0. The van der Waals surface area contributed by atoms with Gasteiger partial charge >= 0.3 is 0 Å². The number of carbonyl (C=O) groups excluding carboxylic acids is 1. The minimum Gasteiger partial charge on any atom is -0.351 e. The third kappa shape index (κ3) is 2.97. The normalized spacial score (nSPS) is 21.7. The molecule has 0 radical (unpaired) electrons. The molecule has 1 aliphatic carbocycles. The second kappa shape index (κ2) is 5.92. The molecule has 3 rings (SSSR count). The molecular weight excluding hydrogens is 288 g/mol. The Bertz CT molecular complexity index is 704. The number of hydrogen-bond donors (Lipinski definition) is 2. The fourth-order valence-electron chi connectivity index (χ4n) is 3.74. The number of aromatic amines is 1. The van der Waals surface area contributed by atoms with Gasteiger partial charge in [-0.05, 0) is 55.5 Å². The molecule has 2 aromatic rings. The van der Waals surface area contributed by atoms with Crippen LogP contribution in [0.15, 0.2) is 18.2 Å². The molecule has 4 heteroatoms. The molecular formula is C18H26N2OSi. The molecule has 118 valence electrons. The standard InChI is InChI=1S/C18H26N2OSi/c1-11-7-12(2)15-10-17(20-16(15)8-11)18(21)19-13-5-6-14(9-13)22(3)4/h7-8,10,13-14,20,22H,5-6,9H2,1-4H3,(H,19,21)/t13-,14?/m1/s1. The summed E-state index contributed by atoms with van der Waals surface area (Å²) in [7, 11) is -0.576. The number of benzene rings is 1. The smallest absolute Gasteiger partial charge is 0.267 e. The molecule has 2 N–H and O–H groups in total. The maximum atomic E-state index is 12.5. The van der Waals surface area contributed by atoms with Crippen LogP contribution in [0.1, 0.15) is 40.9 Å². The van der Waals surface area contributed by atoms with Crippen molar-refractivity contribution in [3.05, 3.63) is 35.0 Å². The molecule has 1 saturated carbocycles. The number of fused-ring (bicyclic) bond motifs is 1. The lowest BCUT2D eigenvalue weighted by Crippen LogP contribution is -2.33. The first-order chi connectivity index (χ1) is 10.4. The average molecular weight is 315 g/mol. The van der Waals surface area contributed by atoms with E-state index in [2.05, 4.69) is 49.4 Å². The van der Waals surface area contributed by atoms with E-state index in [1.807, 2.05) is 6.07 Å². The molecule has 3 nitrogen and oxygen atoms in total. The largest absolute Gasteiger partial charge is 0.351 e. The number of aryl methyl sites for hydroxylation is 2. The molecule has 22 heavy (non-hydrogen) atoms. The highest BCUT2D eigenvalue weighted by Crippen LogP contribution is 2.33. The van der Waals surface area contributed by atoms with Crippen LogP contribution in [0.25, 0.3) is 10.9 Å². The van der Waals surface area contributed by atoms with Crippen LogP contribution in [0, 0.1) is 13.8 Å². The minimum absolute atomic E-state index is 0.0457. The number of hydrogen-bond acceptors (Lipinski definition) is 1. The van der Waals surface area contributed by atoms with E-state index in [0.29, 0.717) is 11.7 Å². The van der Waals surface area contributed by atoms with Crippen LogP contribution in [0.4, 0.5) is 0 Å². The van der Waals surface area contributed by atoms with E-state index in [9.17, 15) is 4.79 Å². The second-order valence-electron chi connectivity index (χ2n) is 7.21. The highest BCUT2D eigenvalue weighted by atomic mass is 28.3. The highest BCUT2D eigenvalue weighted by Gasteiger charge is 2.28. The Balaban J connectivity index is 1.74. The van der Waals surface area contributed by atoms with E-state index in [-0.39, 0.29) is 5.91 Å². The van der Waals surface area contributed by atoms with Gasteiger partial charge in [-0.25, -0.2) is 0 Å². The third-order valence-electron chi connectivity index (χ3n) is 5.09. The van der Waals surface area contributed by atoms with Crippen molar-refractivity contribution in [3.63, 3.8) is 0 Å². The minimum atomic E-state index is -0.576. The van der Waals surface area contributed by atoms with Gasteiger partial charge in [0, 0.05) is 25.7 Å². The van der Waals surface area contributed by atoms with Crippen molar-refractivity contribution in [1.29, 1.82) is 0 Å². The lowest BCUT2D eigenvalue weighted by atomic mass is 10.1. The summed E-state index contributed by atoms with van der Waals surface area (Å²) in [5.41, 5.74) is 5.07. The summed E-state index contributed by atoms with van der Waals surface area (Å²) in [6.45, 7) is 9.01. The van der Waals surface area contributed by atoms with E-state index < -0.39 is 8.80 Å². The summed E-state index contributed by atoms with van der Waals surface area (Å²) in [5.74, 6) is 0.0457. The lowest BCUT2D eigenvalue weighted by molar-refractivity contribution is 0.0933. The average Bonchev–Trinajstić information content (AvgIpc) is 3.05. The molecule has 0 saturated heterocycles. The predicted octanol–water partition coefficient (Wildman–Crippen LogP) is 3.92. The van der Waals surface area contributed by atoms with Crippen LogP contribution in [-0.4, -0.2) is 25.7 Å². The fraction of sp³-hybridized carbons (Fsp3) is 0.500. The van der Waals surface area contributed by atoms with E-state index in [0.717, 1.165) is 22.9 Å². The van der Waals surface area contributed by atoms with E-state index in [4.69, 9.17) is 0 Å². The predicted molar refractivity (Wildman–Crippen MR) is 95.5 cm³/mol. The van der Waals surface area contributed by atoms with Gasteiger partial charge in [-0.3, -0.25) is 4.79 Å². The molecule has 2 atom stereocenters. The molecule has 1 fully saturated rings. The zero-order chi connectivity index (χ0) is 15.9. The van der Waals surface area contributed by atoms with Gasteiger partial charge in [-0.2, -0.15) is 0 Å². The Labute approximate surface area is 134 Å². The third-order valence-corrected chi connectivity index (χ3v) is 7.58. The Morgan fingerprint density at radius 3 is 2.68 bits per heavy atom. The van der Waals surface area contributed by atoms with Gasteiger partial charge in [0.25, 0.3) is 5.91 Å². The van der Waals surface area contributed by atoms with Gasteiger partial charge < -0.3 is 10.3 Å². The first kappa shape index (κ1) is 15.3. The fourth-order valence-corrected chi connectivity index (χ4v) is 5.47. The number of H-pyrrole nitrogens is 1. The van der Waals surface area contributed by atoms with Gasteiger partial charge in [0.1, 0.15) is 5.69 Å². The number of carbonyl (C=O) groups is 1. The summed E-state index contributed by atoms with van der Waals surface area (Å²) in [6.07, 6.45) is 3.60. The maximum Gasteiger partial charge on any atom is 0.267 e. The zero-order valence-corrected chi connectivity index (χ0v) is 15.1. The Kier molecular flexibility index (Phi) is 4.13. The number of rotatable bonds is 3. The van der Waals surface area contributed by atoms with Gasteiger partial charge in [-0.15, -0.1) is 0 Å². The molecule has 0 spiro atoms. The van der Waals surface area contributed by atoms with Crippen molar-refractivity contribution in [2.24, 2.45) is 0 Å². The summed E-state index contributed by atoms with van der Waals surface area (Å²) in [6, 6.07) is 6.62. The van der Waals surface area contributed by atoms with Crippen molar-refractivity contribution in [3.8, 4) is 0 Å². The van der Waals surface area contributed by atoms with Gasteiger partial charge in [0.15, 0.2) is 0 Å². The van der Waals surface area contributed by atoms with E-state index in [1.165, 1.54) is 24.0 Å². The SMILES string of the molecule is Cc1cc(C)c2cc(C(=O)N[C@@H]3CCC([SiH](C)C)C3)[nH]c2c1. The molecule has 0 aliphatic heterocycles. The van der Waals surface area contributed by atoms with Crippen LogP contribution in [-0.2, 0) is 0 Å². The molecule has 1 heterocycles. The van der Waals surface area contributed by atoms with Gasteiger partial charge in [-0.1, -0.05) is 25.6 Å². The van der Waals surface area contributed by atoms with Crippen LogP contribution in [0.2, 0.25) is 18.6 Å². The van der Waals surface area contributed by atoms with Crippen LogP contribution >= 0.6 is 0 Å². The monoisotopic (exact) mass is 314 g/mol. The second-order valence-corrected chi connectivity index (χ2v) is 10.6. The number of aromatic nitrogens is 1. The van der Waals surface area contributed by atoms with Crippen molar-refractivity contribution >= 4 is 25.6 Å². The molecule has 1 aromatic carbocycles. The zero-order valence-electron chi connectivity index (χ0n) is 14.0. The summed E-state index contributed by atoms with van der Waals surface area (Å²) >= 11 is 0. The summed E-state index contributed by atoms with van der Waals surface area (Å²) in [4.78, 5) is 15.8. The number of nitrogens with one attached hydrogen (secondary N) is 2. The first-order valence-electron chi connectivity index (χ1n) is 8.35. The van der Waals surface area contributed by atoms with E-state index >= 15 is 0 Å². The van der Waals surface area contributed by atoms with Crippen molar-refractivity contribution in [2.45, 2.75) is 57.8 Å². The molecule has 0 bridgehead atoms. The van der Waals surface area contributed by atoms with Crippen molar-refractivity contribution in [1.82, 2.24) is 10.3 Å². The number of amides is 1. The quantitative estimate of drug-likeness (QED) is 0.829. The van der Waals surface area contributed by atoms with E-state index in [1.54, 1.807) is 0 Å². The van der Waals surface area contributed by atoms with Crippen molar-refractivity contribution in [2.75, 3.05) is 0 Å². The Morgan fingerprint density at radius 1 is 1.23 bits per heavy atom. The Hall–Kier alpha value is -1.55. The Morgan fingerprint density at radius 2 is 2.00 bits per heavy atom. The lowest BCUT2D eigenvalue weighted by Gasteiger charge is -2.14. The summed E-state index contributed by atoms with van der Waals surface area (Å²) in [5, 5.41) is 4.37. The molecule has 1 aromatic heterocycles. The maximum absolute atomic E-state index is 12.5. The molecule has 1 amide bonds. The molecule has 1 unspecified atom stereocenters. The van der Waals surface area contributed by atoms with Gasteiger partial charge in [0.2, 0.25) is 0 Å². The van der Waals surface area contributed by atoms with Crippen LogP contribution in [0.3, 0.4) is 0 Å². The van der Waals surface area contributed by atoms with Gasteiger partial charge in [0.05, 0.1) is 0 Å². The highest BCUT2D eigenvalue weighted by molar-refractivity contribution is 6.57.